The summed E-state index contributed by atoms with van der Waals surface area (Å²) in [5.74, 6) is 10.2. The second-order valence-corrected chi connectivity index (χ2v) is 3.25. The van der Waals surface area contributed by atoms with Crippen molar-refractivity contribution in [3.05, 3.63) is 0 Å². The van der Waals surface area contributed by atoms with Gasteiger partial charge in [0.15, 0.2) is 0 Å². The molecule has 1 rings (SSSR count). The molecule has 1 aliphatic carbocycles. The third-order valence-electron chi connectivity index (χ3n) is 2.45. The summed E-state index contributed by atoms with van der Waals surface area (Å²) >= 11 is 0. The van der Waals surface area contributed by atoms with E-state index < -0.39 is 30.4 Å². The fourth-order valence-electron chi connectivity index (χ4n) is 1.60. The number of aliphatic hydroxyl groups is 3. The lowest BCUT2D eigenvalue weighted by Crippen LogP contribution is -2.66. The molecule has 0 aliphatic heterocycles. The van der Waals surface area contributed by atoms with Gasteiger partial charge in [0.05, 0.1) is 24.3 Å². The second kappa shape index (κ2) is 4.29. The van der Waals surface area contributed by atoms with Crippen LogP contribution < -0.4 is 22.5 Å². The zero-order valence-electron chi connectivity index (χ0n) is 7.09. The van der Waals surface area contributed by atoms with E-state index in [1.165, 1.54) is 0 Å². The summed E-state index contributed by atoms with van der Waals surface area (Å²) in [6, 6.07) is -1.24. The Morgan fingerprint density at radius 2 is 1.62 bits per heavy atom. The SMILES string of the molecule is NN[C@H]1[C@@H](O)[C@H](O)[C@@H](NN)C[C@@H]1O. The molecule has 0 aromatic rings. The number of hydrogen-bond donors (Lipinski definition) is 7. The largest absolute Gasteiger partial charge is 0.391 e. The van der Waals surface area contributed by atoms with E-state index in [4.69, 9.17) is 11.7 Å². The first kappa shape index (κ1) is 10.8. The molecular formula is C6H16N4O3. The summed E-state index contributed by atoms with van der Waals surface area (Å²) in [7, 11) is 0. The molecule has 1 saturated carbocycles. The van der Waals surface area contributed by atoms with Crippen LogP contribution >= 0.6 is 0 Å². The van der Waals surface area contributed by atoms with Crippen molar-refractivity contribution < 1.29 is 15.3 Å². The number of aliphatic hydroxyl groups excluding tert-OH is 3. The molecule has 0 aromatic carbocycles. The van der Waals surface area contributed by atoms with Crippen LogP contribution in [0.3, 0.4) is 0 Å². The molecule has 0 radical (unpaired) electrons. The van der Waals surface area contributed by atoms with E-state index in [2.05, 4.69) is 10.9 Å². The maximum atomic E-state index is 9.46. The predicted octanol–water partition coefficient (Wildman–Crippen LogP) is -3.86. The van der Waals surface area contributed by atoms with Crippen molar-refractivity contribution in [2.45, 2.75) is 36.8 Å². The molecule has 9 N–H and O–H groups in total. The summed E-state index contributed by atoms with van der Waals surface area (Å²) in [4.78, 5) is 0. The van der Waals surface area contributed by atoms with Gasteiger partial charge in [0.2, 0.25) is 0 Å². The van der Waals surface area contributed by atoms with Gasteiger partial charge in [-0.1, -0.05) is 0 Å². The third-order valence-corrected chi connectivity index (χ3v) is 2.45. The molecule has 1 aliphatic rings. The Kier molecular flexibility index (Phi) is 3.56. The number of hydrazine groups is 2. The van der Waals surface area contributed by atoms with Crippen LogP contribution in [0.15, 0.2) is 0 Å². The van der Waals surface area contributed by atoms with Gasteiger partial charge in [0.25, 0.3) is 0 Å². The van der Waals surface area contributed by atoms with Crippen LogP contribution in [0.2, 0.25) is 0 Å². The highest BCUT2D eigenvalue weighted by Gasteiger charge is 2.41. The van der Waals surface area contributed by atoms with Crippen LogP contribution in [-0.2, 0) is 0 Å². The molecule has 5 atom stereocenters. The molecule has 78 valence electrons. The molecule has 1 fully saturated rings. The molecule has 0 saturated heterocycles. The van der Waals surface area contributed by atoms with Gasteiger partial charge in [-0.25, -0.2) is 0 Å². The zero-order chi connectivity index (χ0) is 10.0. The van der Waals surface area contributed by atoms with Gasteiger partial charge in [-0.15, -0.1) is 0 Å². The maximum absolute atomic E-state index is 9.46. The Bertz CT molecular complexity index is 170. The molecule has 7 heteroatoms. The van der Waals surface area contributed by atoms with Crippen molar-refractivity contribution in [1.29, 1.82) is 0 Å². The molecule has 0 bridgehead atoms. The van der Waals surface area contributed by atoms with Gasteiger partial charge < -0.3 is 15.3 Å². The maximum Gasteiger partial charge on any atom is 0.101 e. The predicted molar refractivity (Wildman–Crippen MR) is 44.9 cm³/mol. The van der Waals surface area contributed by atoms with E-state index in [-0.39, 0.29) is 6.42 Å². The fraction of sp³-hybridized carbons (Fsp3) is 1.00. The zero-order valence-corrected chi connectivity index (χ0v) is 7.09. The molecule has 0 spiro atoms. The van der Waals surface area contributed by atoms with Gasteiger partial charge in [0, 0.05) is 0 Å². The minimum absolute atomic E-state index is 0.240. The lowest BCUT2D eigenvalue weighted by atomic mass is 9.84. The van der Waals surface area contributed by atoms with Crippen molar-refractivity contribution in [3.8, 4) is 0 Å². The van der Waals surface area contributed by atoms with E-state index >= 15 is 0 Å². The highest BCUT2D eigenvalue weighted by atomic mass is 16.3. The Balaban J connectivity index is 2.66. The van der Waals surface area contributed by atoms with Crippen molar-refractivity contribution in [3.63, 3.8) is 0 Å². The first-order valence-electron chi connectivity index (χ1n) is 4.08. The van der Waals surface area contributed by atoms with Crippen LogP contribution in [-0.4, -0.2) is 45.7 Å². The quantitative estimate of drug-likeness (QED) is 0.176. The topological polar surface area (TPSA) is 137 Å². The van der Waals surface area contributed by atoms with E-state index in [1.54, 1.807) is 0 Å². The Hall–Kier alpha value is -0.280. The van der Waals surface area contributed by atoms with Crippen LogP contribution in [0.25, 0.3) is 0 Å². The number of nitrogens with one attached hydrogen (secondary N) is 2. The minimum atomic E-state index is -1.13. The Labute approximate surface area is 75.7 Å². The molecule has 0 heterocycles. The molecule has 13 heavy (non-hydrogen) atoms. The first-order chi connectivity index (χ1) is 6.11. The monoisotopic (exact) mass is 192 g/mol. The van der Waals surface area contributed by atoms with Crippen molar-refractivity contribution >= 4 is 0 Å². The van der Waals surface area contributed by atoms with Gasteiger partial charge in [-0.3, -0.25) is 22.5 Å². The number of nitrogens with two attached hydrogens (primary N) is 2. The summed E-state index contributed by atoms with van der Waals surface area (Å²) < 4.78 is 0. The Morgan fingerprint density at radius 3 is 2.08 bits per heavy atom. The van der Waals surface area contributed by atoms with Gasteiger partial charge in [-0.05, 0) is 6.42 Å². The van der Waals surface area contributed by atoms with Crippen molar-refractivity contribution in [1.82, 2.24) is 10.9 Å². The van der Waals surface area contributed by atoms with Crippen LogP contribution in [0, 0.1) is 0 Å². The highest BCUT2D eigenvalue weighted by molar-refractivity contribution is 4.98. The molecule has 0 unspecified atom stereocenters. The fourth-order valence-corrected chi connectivity index (χ4v) is 1.60. The second-order valence-electron chi connectivity index (χ2n) is 3.25. The van der Waals surface area contributed by atoms with Gasteiger partial charge in [0.1, 0.15) is 6.10 Å². The summed E-state index contributed by atoms with van der Waals surface area (Å²) in [6.45, 7) is 0. The van der Waals surface area contributed by atoms with Crippen molar-refractivity contribution in [2.24, 2.45) is 11.7 Å². The highest BCUT2D eigenvalue weighted by Crippen LogP contribution is 2.19. The van der Waals surface area contributed by atoms with Crippen LogP contribution in [0.4, 0.5) is 0 Å². The average Bonchev–Trinajstić information content (AvgIpc) is 2.12. The van der Waals surface area contributed by atoms with Crippen molar-refractivity contribution in [2.75, 3.05) is 0 Å². The van der Waals surface area contributed by atoms with Gasteiger partial charge >= 0.3 is 0 Å². The smallest absolute Gasteiger partial charge is 0.101 e. The summed E-state index contributed by atoms with van der Waals surface area (Å²) in [5, 5.41) is 28.4. The number of rotatable bonds is 2. The standard InChI is InChI=1S/C6H16N4O3/c7-9-2-1-3(11)4(10-8)6(13)5(2)12/h2-6,9-13H,1,7-8H2/t2-,3-,4+,5+,6+/m0/s1. The average molecular weight is 192 g/mol. The molecule has 0 amide bonds. The Morgan fingerprint density at radius 1 is 1.00 bits per heavy atom. The normalized spacial score (nSPS) is 46.4. The van der Waals surface area contributed by atoms with Crippen LogP contribution in [0.5, 0.6) is 0 Å². The minimum Gasteiger partial charge on any atom is -0.391 e. The van der Waals surface area contributed by atoms with E-state index in [1.807, 2.05) is 0 Å². The van der Waals surface area contributed by atoms with Crippen LogP contribution in [0.1, 0.15) is 6.42 Å². The summed E-state index contributed by atoms with van der Waals surface area (Å²) in [6.07, 6.45) is -2.75. The lowest BCUT2D eigenvalue weighted by Gasteiger charge is -2.39. The summed E-state index contributed by atoms with van der Waals surface area (Å²) in [5.41, 5.74) is 4.57. The first-order valence-corrected chi connectivity index (χ1v) is 4.08. The molecule has 0 aromatic heterocycles. The van der Waals surface area contributed by atoms with E-state index in [9.17, 15) is 15.3 Å². The van der Waals surface area contributed by atoms with E-state index in [0.717, 1.165) is 0 Å². The third kappa shape index (κ3) is 1.97. The van der Waals surface area contributed by atoms with Gasteiger partial charge in [-0.2, -0.15) is 0 Å². The molecule has 7 nitrogen and oxygen atoms in total. The lowest BCUT2D eigenvalue weighted by molar-refractivity contribution is -0.0915. The number of hydrogen-bond acceptors (Lipinski definition) is 7. The van der Waals surface area contributed by atoms with E-state index in [0.29, 0.717) is 0 Å². The molecular weight excluding hydrogens is 176 g/mol.